The summed E-state index contributed by atoms with van der Waals surface area (Å²) in [6.45, 7) is 2.49. The van der Waals surface area contributed by atoms with Crippen molar-refractivity contribution in [3.63, 3.8) is 0 Å². The van der Waals surface area contributed by atoms with E-state index in [0.717, 1.165) is 12.8 Å². The first-order valence-electron chi connectivity index (χ1n) is 14.6. The van der Waals surface area contributed by atoms with Crippen LogP contribution in [0, 0.1) is 5.92 Å². The SMILES string of the molecule is COC(=O)CCCCN1C(=O)[C@@](O)([C@@H](C)/C=C/CC(=O)N2CCC[C@H]2CO)c2cc(NC(=O)c3ccc(N)cc3)ccc21. The standard InChI is InChI=1S/C32H40N4O7/c1-21(7-5-9-28(38)35-18-6-8-25(35)20-37)32(42)26-19-24(34-30(40)22-11-13-23(33)14-12-22)15-16-27(26)36(31(32)41)17-4-3-10-29(39)43-2/h5,7,11-16,19,21,25,37,42H,3-4,6,8-10,17-18,20,33H2,1-2H3,(H,34,40)/b7-5+/t21-,25-,32+/m0/s1. The van der Waals surface area contributed by atoms with E-state index in [1.807, 2.05) is 0 Å². The Hall–Kier alpha value is -4.22. The lowest BCUT2D eigenvalue weighted by molar-refractivity contribution is -0.140. The van der Waals surface area contributed by atoms with Gasteiger partial charge < -0.3 is 35.8 Å². The molecule has 3 amide bonds. The maximum Gasteiger partial charge on any atom is 0.305 e. The Labute approximate surface area is 251 Å². The summed E-state index contributed by atoms with van der Waals surface area (Å²) in [5.41, 5.74) is 5.94. The Morgan fingerprint density at radius 3 is 2.63 bits per heavy atom. The minimum absolute atomic E-state index is 0.0763. The number of esters is 1. The summed E-state index contributed by atoms with van der Waals surface area (Å²) in [5.74, 6) is -2.07. The van der Waals surface area contributed by atoms with E-state index in [4.69, 9.17) is 10.5 Å². The van der Waals surface area contributed by atoms with Crippen molar-refractivity contribution in [2.75, 3.05) is 42.8 Å². The van der Waals surface area contributed by atoms with Gasteiger partial charge in [-0.3, -0.25) is 19.2 Å². The first kappa shape index (κ1) is 31.7. The predicted octanol–water partition coefficient (Wildman–Crippen LogP) is 2.96. The fourth-order valence-corrected chi connectivity index (χ4v) is 5.71. The van der Waals surface area contributed by atoms with Crippen LogP contribution in [0.2, 0.25) is 0 Å². The molecule has 0 saturated carbocycles. The lowest BCUT2D eigenvalue weighted by Crippen LogP contribution is -2.44. The molecular weight excluding hydrogens is 552 g/mol. The minimum atomic E-state index is -1.96. The van der Waals surface area contributed by atoms with Gasteiger partial charge in [-0.2, -0.15) is 0 Å². The number of methoxy groups -OCH3 is 1. The Kier molecular flexibility index (Phi) is 10.2. The molecule has 43 heavy (non-hydrogen) atoms. The number of fused-ring (bicyclic) bond motifs is 1. The summed E-state index contributed by atoms with van der Waals surface area (Å²) in [5, 5.41) is 24.4. The van der Waals surface area contributed by atoms with Crippen molar-refractivity contribution in [3.8, 4) is 0 Å². The van der Waals surface area contributed by atoms with Crippen LogP contribution in [0.3, 0.4) is 0 Å². The Morgan fingerprint density at radius 1 is 1.19 bits per heavy atom. The summed E-state index contributed by atoms with van der Waals surface area (Å²) < 4.78 is 4.70. The molecule has 5 N–H and O–H groups in total. The maximum atomic E-state index is 13.8. The van der Waals surface area contributed by atoms with Crippen molar-refractivity contribution in [3.05, 3.63) is 65.7 Å². The van der Waals surface area contributed by atoms with Gasteiger partial charge in [-0.1, -0.05) is 19.1 Å². The number of nitrogen functional groups attached to an aromatic ring is 1. The van der Waals surface area contributed by atoms with Crippen molar-refractivity contribution in [1.29, 1.82) is 0 Å². The number of anilines is 3. The molecule has 3 atom stereocenters. The molecule has 0 bridgehead atoms. The first-order valence-corrected chi connectivity index (χ1v) is 14.6. The van der Waals surface area contributed by atoms with Crippen molar-refractivity contribution in [2.45, 2.75) is 57.1 Å². The number of hydrogen-bond donors (Lipinski definition) is 4. The topological polar surface area (TPSA) is 162 Å². The zero-order chi connectivity index (χ0) is 31.1. The van der Waals surface area contributed by atoms with Gasteiger partial charge in [0.1, 0.15) is 0 Å². The summed E-state index contributed by atoms with van der Waals surface area (Å²) in [7, 11) is 1.32. The van der Waals surface area contributed by atoms with Crippen LogP contribution in [0.25, 0.3) is 0 Å². The van der Waals surface area contributed by atoms with Crippen molar-refractivity contribution in [1.82, 2.24) is 4.90 Å². The zero-order valence-corrected chi connectivity index (χ0v) is 24.6. The summed E-state index contributed by atoms with van der Waals surface area (Å²) in [6, 6.07) is 11.2. The Bertz CT molecular complexity index is 1380. The van der Waals surface area contributed by atoms with Crippen LogP contribution >= 0.6 is 0 Å². The Morgan fingerprint density at radius 2 is 1.93 bits per heavy atom. The average Bonchev–Trinajstić information content (AvgIpc) is 3.57. The van der Waals surface area contributed by atoms with Crippen LogP contribution in [0.1, 0.15) is 61.4 Å². The molecule has 0 spiro atoms. The molecule has 2 aromatic rings. The summed E-state index contributed by atoms with van der Waals surface area (Å²) >= 11 is 0. The van der Waals surface area contributed by atoms with Crippen LogP contribution in [0.15, 0.2) is 54.6 Å². The van der Waals surface area contributed by atoms with Gasteiger partial charge in [0.25, 0.3) is 11.8 Å². The van der Waals surface area contributed by atoms with Gasteiger partial charge in [0.15, 0.2) is 5.60 Å². The number of carbonyl (C=O) groups is 4. The molecule has 2 aromatic carbocycles. The molecule has 0 aromatic heterocycles. The molecule has 230 valence electrons. The normalized spacial score (nSPS) is 20.4. The van der Waals surface area contributed by atoms with E-state index >= 15 is 0 Å². The van der Waals surface area contributed by atoms with Crippen LogP contribution < -0.4 is 16.0 Å². The molecule has 11 heteroatoms. The third-order valence-corrected chi connectivity index (χ3v) is 8.22. The number of rotatable bonds is 12. The lowest BCUT2D eigenvalue weighted by atomic mass is 9.82. The third kappa shape index (κ3) is 6.89. The van der Waals surface area contributed by atoms with E-state index in [0.29, 0.717) is 47.6 Å². The van der Waals surface area contributed by atoms with Gasteiger partial charge in [0, 0.05) is 54.4 Å². The van der Waals surface area contributed by atoms with Gasteiger partial charge in [-0.05, 0) is 68.1 Å². The number of benzene rings is 2. The number of aliphatic hydroxyl groups excluding tert-OH is 1. The van der Waals surface area contributed by atoms with Crippen LogP contribution in [-0.2, 0) is 24.7 Å². The summed E-state index contributed by atoms with van der Waals surface area (Å²) in [4.78, 5) is 54.2. The highest BCUT2D eigenvalue weighted by atomic mass is 16.5. The van der Waals surface area contributed by atoms with Crippen molar-refractivity contribution < 1.29 is 34.1 Å². The number of carbonyl (C=O) groups excluding carboxylic acids is 4. The van der Waals surface area contributed by atoms with E-state index in [1.165, 1.54) is 12.0 Å². The van der Waals surface area contributed by atoms with E-state index in [9.17, 15) is 29.4 Å². The molecule has 11 nitrogen and oxygen atoms in total. The number of amides is 3. The molecule has 1 fully saturated rings. The number of unbranched alkanes of at least 4 members (excludes halogenated alkanes) is 1. The second-order valence-electron chi connectivity index (χ2n) is 11.1. The number of ether oxygens (including phenoxy) is 1. The molecular formula is C32H40N4O7. The molecule has 2 aliphatic heterocycles. The maximum absolute atomic E-state index is 13.8. The fraction of sp³-hybridized carbons (Fsp3) is 0.438. The average molecular weight is 593 g/mol. The van der Waals surface area contributed by atoms with Gasteiger partial charge in [0.05, 0.1) is 25.4 Å². The smallest absolute Gasteiger partial charge is 0.305 e. The molecule has 0 unspecified atom stereocenters. The second kappa shape index (κ2) is 13.8. The first-order chi connectivity index (χ1) is 20.6. The summed E-state index contributed by atoms with van der Waals surface area (Å²) in [6.07, 6.45) is 6.21. The van der Waals surface area contributed by atoms with E-state index < -0.39 is 17.4 Å². The largest absolute Gasteiger partial charge is 0.469 e. The number of nitrogens with two attached hydrogens (primary N) is 1. The Balaban J connectivity index is 1.56. The predicted molar refractivity (Wildman–Crippen MR) is 162 cm³/mol. The highest BCUT2D eigenvalue weighted by Crippen LogP contribution is 2.46. The lowest BCUT2D eigenvalue weighted by Gasteiger charge is -2.28. The number of likely N-dealkylation sites (tertiary alicyclic amines) is 1. The molecule has 0 aliphatic carbocycles. The van der Waals surface area contributed by atoms with E-state index in [2.05, 4.69) is 5.32 Å². The highest BCUT2D eigenvalue weighted by Gasteiger charge is 2.52. The number of nitrogens with one attached hydrogen (secondary N) is 1. The van der Waals surface area contributed by atoms with Crippen molar-refractivity contribution >= 4 is 40.8 Å². The van der Waals surface area contributed by atoms with Gasteiger partial charge >= 0.3 is 5.97 Å². The highest BCUT2D eigenvalue weighted by molar-refractivity contribution is 6.09. The minimum Gasteiger partial charge on any atom is -0.469 e. The quantitative estimate of drug-likeness (QED) is 0.127. The second-order valence-corrected chi connectivity index (χ2v) is 11.1. The van der Waals surface area contributed by atoms with Crippen LogP contribution in [-0.4, -0.2) is 71.7 Å². The fourth-order valence-electron chi connectivity index (χ4n) is 5.71. The van der Waals surface area contributed by atoms with Gasteiger partial charge in [-0.25, -0.2) is 0 Å². The van der Waals surface area contributed by atoms with E-state index in [1.54, 1.807) is 66.4 Å². The van der Waals surface area contributed by atoms with Crippen LogP contribution in [0.5, 0.6) is 0 Å². The molecule has 4 rings (SSSR count). The number of hydrogen-bond acceptors (Lipinski definition) is 8. The molecule has 0 radical (unpaired) electrons. The van der Waals surface area contributed by atoms with E-state index in [-0.39, 0.29) is 49.8 Å². The van der Waals surface area contributed by atoms with Crippen LogP contribution in [0.4, 0.5) is 17.1 Å². The molecule has 2 aliphatic rings. The molecule has 2 heterocycles. The molecule has 1 saturated heterocycles. The monoisotopic (exact) mass is 592 g/mol. The van der Waals surface area contributed by atoms with Gasteiger partial charge in [-0.15, -0.1) is 0 Å². The van der Waals surface area contributed by atoms with Crippen molar-refractivity contribution in [2.24, 2.45) is 5.92 Å². The number of aliphatic hydroxyl groups is 2. The number of nitrogens with zero attached hydrogens (tertiary/aromatic N) is 2. The zero-order valence-electron chi connectivity index (χ0n) is 24.6. The van der Waals surface area contributed by atoms with Gasteiger partial charge in [0.2, 0.25) is 5.91 Å². The third-order valence-electron chi connectivity index (χ3n) is 8.22.